The average molecular weight is 483 g/mol. The summed E-state index contributed by atoms with van der Waals surface area (Å²) in [6.45, 7) is 3.05. The van der Waals surface area contributed by atoms with Gasteiger partial charge in [0.15, 0.2) is 5.69 Å². The van der Waals surface area contributed by atoms with Crippen LogP contribution in [0.25, 0.3) is 0 Å². The molecule has 0 saturated carbocycles. The second-order valence-corrected chi connectivity index (χ2v) is 7.25. The van der Waals surface area contributed by atoms with E-state index in [0.29, 0.717) is 0 Å². The predicted octanol–water partition coefficient (Wildman–Crippen LogP) is 3.10. The normalized spacial score (nSPS) is 11.4. The van der Waals surface area contributed by atoms with Crippen LogP contribution >= 0.6 is 27.3 Å². The fraction of sp³-hybridized carbons (Fsp3) is 0.333. The van der Waals surface area contributed by atoms with E-state index in [4.69, 9.17) is 10.5 Å². The van der Waals surface area contributed by atoms with Gasteiger partial charge < -0.3 is 15.8 Å². The quantitative estimate of drug-likeness (QED) is 0.635. The van der Waals surface area contributed by atoms with Crippen LogP contribution in [0.2, 0.25) is 0 Å². The molecule has 0 aliphatic rings. The van der Waals surface area contributed by atoms with Gasteiger partial charge in [-0.2, -0.15) is 18.3 Å². The number of nitrogens with one attached hydrogen (secondary N) is 1. The minimum Gasteiger partial charge on any atom is -0.462 e. The molecular weight excluding hydrogens is 469 g/mol. The Kier molecular flexibility index (Phi) is 6.18. The van der Waals surface area contributed by atoms with E-state index in [1.165, 1.54) is 6.92 Å². The zero-order valence-corrected chi connectivity index (χ0v) is 17.1. The number of ether oxygens (including phenoxy) is 1. The van der Waals surface area contributed by atoms with Crippen molar-refractivity contribution in [3.05, 3.63) is 31.9 Å². The molecule has 2 aromatic rings. The molecule has 0 aromatic carbocycles. The first-order valence-corrected chi connectivity index (χ1v) is 9.22. The topological polar surface area (TPSA) is 116 Å². The van der Waals surface area contributed by atoms with Gasteiger partial charge in [0, 0.05) is 7.05 Å². The van der Waals surface area contributed by atoms with Crippen LogP contribution in [0.3, 0.4) is 0 Å². The van der Waals surface area contributed by atoms with Crippen molar-refractivity contribution in [1.29, 1.82) is 0 Å². The number of carbonyl (C=O) groups excluding carboxylic acids is 3. The van der Waals surface area contributed by atoms with Crippen LogP contribution in [-0.4, -0.2) is 34.2 Å². The number of nitrogens with two attached hydrogens (primary N) is 1. The lowest BCUT2D eigenvalue weighted by Crippen LogP contribution is -2.18. The number of aryl methyl sites for hydroxylation is 1. The first-order valence-electron chi connectivity index (χ1n) is 7.61. The van der Waals surface area contributed by atoms with Crippen LogP contribution in [0.15, 0.2) is 4.47 Å². The number of anilines is 1. The number of nitrogens with zero attached hydrogens (tertiary/aromatic N) is 2. The number of hydrogen-bond acceptors (Lipinski definition) is 6. The zero-order chi connectivity index (χ0) is 21.4. The molecule has 13 heteroatoms. The lowest BCUT2D eigenvalue weighted by molar-refractivity contribution is -0.142. The van der Waals surface area contributed by atoms with Crippen LogP contribution in [0.4, 0.5) is 18.2 Å². The molecule has 2 aromatic heterocycles. The Labute approximate surface area is 169 Å². The van der Waals surface area contributed by atoms with Crippen molar-refractivity contribution >= 4 is 50.1 Å². The zero-order valence-electron chi connectivity index (χ0n) is 14.7. The lowest BCUT2D eigenvalue weighted by Gasteiger charge is -2.08. The van der Waals surface area contributed by atoms with E-state index in [0.717, 1.165) is 23.1 Å². The van der Waals surface area contributed by atoms with Gasteiger partial charge >= 0.3 is 12.1 Å². The Bertz CT molecular complexity index is 968. The third-order valence-electron chi connectivity index (χ3n) is 3.55. The summed E-state index contributed by atoms with van der Waals surface area (Å²) in [5.74, 6) is -2.60. The van der Waals surface area contributed by atoms with Gasteiger partial charge in [-0.1, -0.05) is 0 Å². The summed E-state index contributed by atoms with van der Waals surface area (Å²) in [6.07, 6.45) is -4.77. The van der Waals surface area contributed by atoms with Crippen molar-refractivity contribution in [2.45, 2.75) is 20.0 Å². The van der Waals surface area contributed by atoms with E-state index >= 15 is 0 Å². The molecule has 2 amide bonds. The monoisotopic (exact) mass is 482 g/mol. The van der Waals surface area contributed by atoms with Crippen LogP contribution in [-0.2, 0) is 18.0 Å². The van der Waals surface area contributed by atoms with Gasteiger partial charge in [0.25, 0.3) is 11.8 Å². The fourth-order valence-corrected chi connectivity index (χ4v) is 4.16. The van der Waals surface area contributed by atoms with Gasteiger partial charge in [0.2, 0.25) is 0 Å². The van der Waals surface area contributed by atoms with Gasteiger partial charge in [-0.05, 0) is 35.3 Å². The summed E-state index contributed by atoms with van der Waals surface area (Å²) >= 11 is 3.46. The maximum absolute atomic E-state index is 13.0. The number of halogens is 4. The summed E-state index contributed by atoms with van der Waals surface area (Å²) in [6, 6.07) is 0. The Morgan fingerprint density at radius 3 is 2.43 bits per heavy atom. The molecular formula is C15H14BrF3N4O4S. The average Bonchev–Trinajstić information content (AvgIpc) is 3.04. The number of thiophene rings is 1. The molecule has 0 aliphatic carbocycles. The van der Waals surface area contributed by atoms with Crippen LogP contribution in [0.5, 0.6) is 0 Å². The highest BCUT2D eigenvalue weighted by Crippen LogP contribution is 2.37. The van der Waals surface area contributed by atoms with Crippen LogP contribution in [0, 0.1) is 6.92 Å². The summed E-state index contributed by atoms with van der Waals surface area (Å²) < 4.78 is 44.1. The lowest BCUT2D eigenvalue weighted by atomic mass is 10.1. The Balaban J connectivity index is 2.50. The van der Waals surface area contributed by atoms with E-state index < -0.39 is 39.8 Å². The van der Waals surface area contributed by atoms with Gasteiger partial charge in [0.05, 0.1) is 21.5 Å². The second-order valence-electron chi connectivity index (χ2n) is 5.43. The van der Waals surface area contributed by atoms with Crippen LogP contribution < -0.4 is 11.1 Å². The molecule has 8 nitrogen and oxygen atoms in total. The van der Waals surface area contributed by atoms with Gasteiger partial charge in [-0.15, -0.1) is 11.3 Å². The third-order valence-corrected chi connectivity index (χ3v) is 5.52. The van der Waals surface area contributed by atoms with E-state index in [2.05, 4.69) is 26.3 Å². The molecule has 0 fully saturated rings. The molecule has 0 bridgehead atoms. The minimum absolute atomic E-state index is 0.0124. The smallest absolute Gasteiger partial charge is 0.436 e. The fourth-order valence-electron chi connectivity index (χ4n) is 2.37. The third kappa shape index (κ3) is 4.04. The number of hydrogen-bond donors (Lipinski definition) is 2. The highest BCUT2D eigenvalue weighted by atomic mass is 79.9. The highest BCUT2D eigenvalue weighted by Gasteiger charge is 2.39. The molecule has 0 radical (unpaired) electrons. The van der Waals surface area contributed by atoms with Crippen molar-refractivity contribution in [1.82, 2.24) is 9.78 Å². The van der Waals surface area contributed by atoms with E-state index in [-0.39, 0.29) is 27.6 Å². The minimum atomic E-state index is -4.77. The standard InChI is InChI=1S/C15H14BrF3N4O4S/c1-4-27-14(26)6-5(2)9(11(20)24)28-13(6)21-12(25)8-7(16)10(15(17,18)19)22-23(8)3/h4H2,1-3H3,(H2,20,24)(H,21,25). The molecule has 28 heavy (non-hydrogen) atoms. The molecule has 0 aliphatic heterocycles. The first-order chi connectivity index (χ1) is 12.9. The Morgan fingerprint density at radius 2 is 1.96 bits per heavy atom. The van der Waals surface area contributed by atoms with Crippen molar-refractivity contribution < 1.29 is 32.3 Å². The predicted molar refractivity (Wildman–Crippen MR) is 97.4 cm³/mol. The van der Waals surface area contributed by atoms with E-state index in [1.807, 2.05) is 0 Å². The molecule has 152 valence electrons. The first kappa shape index (κ1) is 21.9. The van der Waals surface area contributed by atoms with Crippen LogP contribution in [0.1, 0.15) is 48.7 Å². The molecule has 0 spiro atoms. The van der Waals surface area contributed by atoms with Gasteiger partial charge in [-0.25, -0.2) is 4.79 Å². The largest absolute Gasteiger partial charge is 0.462 e. The summed E-state index contributed by atoms with van der Waals surface area (Å²) in [5.41, 5.74) is 3.68. The second kappa shape index (κ2) is 7.91. The maximum Gasteiger partial charge on any atom is 0.436 e. The van der Waals surface area contributed by atoms with Gasteiger partial charge in [0.1, 0.15) is 10.7 Å². The van der Waals surface area contributed by atoms with Crippen molar-refractivity contribution in [2.24, 2.45) is 12.8 Å². The van der Waals surface area contributed by atoms with Gasteiger partial charge in [-0.3, -0.25) is 14.3 Å². The SMILES string of the molecule is CCOC(=O)c1c(NC(=O)c2c(Br)c(C(F)(F)F)nn2C)sc(C(N)=O)c1C. The number of aromatic nitrogens is 2. The number of primary amides is 1. The summed E-state index contributed by atoms with van der Waals surface area (Å²) in [4.78, 5) is 36.4. The number of rotatable bonds is 5. The van der Waals surface area contributed by atoms with Crippen molar-refractivity contribution in [3.63, 3.8) is 0 Å². The molecule has 2 rings (SSSR count). The number of carbonyl (C=O) groups is 3. The molecule has 2 heterocycles. The molecule has 0 unspecified atom stereocenters. The van der Waals surface area contributed by atoms with E-state index in [9.17, 15) is 27.6 Å². The summed E-state index contributed by atoms with van der Waals surface area (Å²) in [5, 5.41) is 5.57. The Hall–Kier alpha value is -2.41. The molecule has 3 N–H and O–H groups in total. The number of alkyl halides is 3. The Morgan fingerprint density at radius 1 is 1.36 bits per heavy atom. The van der Waals surface area contributed by atoms with E-state index in [1.54, 1.807) is 6.92 Å². The van der Waals surface area contributed by atoms with Crippen molar-refractivity contribution in [3.8, 4) is 0 Å². The maximum atomic E-state index is 13.0. The summed E-state index contributed by atoms with van der Waals surface area (Å²) in [7, 11) is 1.16. The highest BCUT2D eigenvalue weighted by molar-refractivity contribution is 9.10. The van der Waals surface area contributed by atoms with Crippen molar-refractivity contribution in [2.75, 3.05) is 11.9 Å². The molecule has 0 atom stereocenters. The number of amides is 2. The number of esters is 1. The molecule has 0 saturated heterocycles.